The van der Waals surface area contributed by atoms with Gasteiger partial charge in [0.2, 0.25) is 0 Å². The van der Waals surface area contributed by atoms with Crippen molar-refractivity contribution in [2.24, 2.45) is 0 Å². The van der Waals surface area contributed by atoms with E-state index >= 15 is 0 Å². The van der Waals surface area contributed by atoms with E-state index in [1.54, 1.807) is 0 Å². The minimum Gasteiger partial charge on any atom is -0.494 e. The summed E-state index contributed by atoms with van der Waals surface area (Å²) in [5.74, 6) is 0.841. The molecule has 0 fully saturated rings. The number of nitrogens with two attached hydrogens (primary N) is 1. The lowest BCUT2D eigenvalue weighted by molar-refractivity contribution is 0.0952. The number of nitrogen functional groups attached to an aromatic ring is 1. The molecule has 4 heteroatoms. The molecule has 0 heterocycles. The van der Waals surface area contributed by atoms with Crippen LogP contribution in [0.5, 0.6) is 5.75 Å². The standard InChI is InChI=1S/C19H24N2O2/c1-15-7-3-4-8-18(15)19(22)21-13-5-2-6-14-23-17-11-9-16(20)10-12-17/h3-4,7-12H,2,5-6,13-14,20H2,1H3,(H,21,22). The first-order valence-corrected chi connectivity index (χ1v) is 7.99. The van der Waals surface area contributed by atoms with Crippen LogP contribution in [0.15, 0.2) is 48.5 Å². The van der Waals surface area contributed by atoms with Gasteiger partial charge >= 0.3 is 0 Å². The number of carbonyl (C=O) groups excluding carboxylic acids is 1. The van der Waals surface area contributed by atoms with Crippen LogP contribution in [0.2, 0.25) is 0 Å². The summed E-state index contributed by atoms with van der Waals surface area (Å²) in [6.45, 7) is 3.31. The Morgan fingerprint density at radius 2 is 1.78 bits per heavy atom. The summed E-state index contributed by atoms with van der Waals surface area (Å²) in [5, 5.41) is 2.96. The van der Waals surface area contributed by atoms with E-state index in [1.807, 2.05) is 55.5 Å². The summed E-state index contributed by atoms with van der Waals surface area (Å²) in [4.78, 5) is 12.0. The van der Waals surface area contributed by atoms with Crippen molar-refractivity contribution in [2.75, 3.05) is 18.9 Å². The number of hydrogen-bond donors (Lipinski definition) is 2. The first-order chi connectivity index (χ1) is 11.2. The number of nitrogens with one attached hydrogen (secondary N) is 1. The number of rotatable bonds is 8. The van der Waals surface area contributed by atoms with Gasteiger partial charge in [-0.15, -0.1) is 0 Å². The van der Waals surface area contributed by atoms with Gasteiger partial charge in [-0.1, -0.05) is 18.2 Å². The number of unbranched alkanes of at least 4 members (excludes halogenated alkanes) is 2. The second-order valence-corrected chi connectivity index (χ2v) is 5.55. The zero-order valence-corrected chi connectivity index (χ0v) is 13.5. The molecule has 0 saturated carbocycles. The number of amides is 1. The lowest BCUT2D eigenvalue weighted by Crippen LogP contribution is -2.25. The molecule has 23 heavy (non-hydrogen) atoms. The zero-order valence-electron chi connectivity index (χ0n) is 13.5. The largest absolute Gasteiger partial charge is 0.494 e. The summed E-state index contributed by atoms with van der Waals surface area (Å²) in [7, 11) is 0. The Balaban J connectivity index is 1.56. The van der Waals surface area contributed by atoms with Crippen LogP contribution in [0.1, 0.15) is 35.2 Å². The van der Waals surface area contributed by atoms with Gasteiger partial charge in [0.1, 0.15) is 5.75 Å². The third-order valence-corrected chi connectivity index (χ3v) is 3.65. The van der Waals surface area contributed by atoms with Crippen molar-refractivity contribution in [2.45, 2.75) is 26.2 Å². The van der Waals surface area contributed by atoms with E-state index in [4.69, 9.17) is 10.5 Å². The van der Waals surface area contributed by atoms with Crippen LogP contribution < -0.4 is 15.8 Å². The van der Waals surface area contributed by atoms with Gasteiger partial charge in [-0.2, -0.15) is 0 Å². The Labute approximate surface area is 137 Å². The average molecular weight is 312 g/mol. The number of carbonyl (C=O) groups is 1. The number of hydrogen-bond acceptors (Lipinski definition) is 3. The van der Waals surface area contributed by atoms with E-state index in [2.05, 4.69) is 5.32 Å². The van der Waals surface area contributed by atoms with Gasteiger partial charge in [-0.3, -0.25) is 4.79 Å². The molecule has 0 spiro atoms. The van der Waals surface area contributed by atoms with Gasteiger partial charge in [-0.05, 0) is 62.1 Å². The fourth-order valence-corrected chi connectivity index (χ4v) is 2.28. The fraction of sp³-hybridized carbons (Fsp3) is 0.316. The van der Waals surface area contributed by atoms with Gasteiger partial charge in [-0.25, -0.2) is 0 Å². The number of benzene rings is 2. The Kier molecular flexibility index (Phi) is 6.48. The molecule has 1 amide bonds. The molecule has 0 atom stereocenters. The minimum absolute atomic E-state index is 0.00113. The maximum atomic E-state index is 12.0. The highest BCUT2D eigenvalue weighted by Crippen LogP contribution is 2.13. The number of aryl methyl sites for hydroxylation is 1. The Morgan fingerprint density at radius 1 is 1.04 bits per heavy atom. The second kappa shape index (κ2) is 8.83. The molecule has 0 aromatic heterocycles. The van der Waals surface area contributed by atoms with Gasteiger partial charge in [0.05, 0.1) is 6.61 Å². The monoisotopic (exact) mass is 312 g/mol. The van der Waals surface area contributed by atoms with Crippen LogP contribution >= 0.6 is 0 Å². The molecule has 0 saturated heterocycles. The number of ether oxygens (including phenoxy) is 1. The highest BCUT2D eigenvalue weighted by Gasteiger charge is 2.06. The predicted molar refractivity (Wildman–Crippen MR) is 93.7 cm³/mol. The van der Waals surface area contributed by atoms with Crippen molar-refractivity contribution in [1.82, 2.24) is 5.32 Å². The third-order valence-electron chi connectivity index (χ3n) is 3.65. The van der Waals surface area contributed by atoms with Crippen LogP contribution in [0, 0.1) is 6.92 Å². The summed E-state index contributed by atoms with van der Waals surface area (Å²) < 4.78 is 5.63. The first-order valence-electron chi connectivity index (χ1n) is 7.99. The van der Waals surface area contributed by atoms with Crippen LogP contribution in [0.4, 0.5) is 5.69 Å². The highest BCUT2D eigenvalue weighted by atomic mass is 16.5. The molecule has 0 aliphatic rings. The quantitative estimate of drug-likeness (QED) is 0.578. The van der Waals surface area contributed by atoms with Crippen molar-refractivity contribution in [1.29, 1.82) is 0 Å². The lowest BCUT2D eigenvalue weighted by Gasteiger charge is -2.08. The SMILES string of the molecule is Cc1ccccc1C(=O)NCCCCCOc1ccc(N)cc1. The maximum Gasteiger partial charge on any atom is 0.251 e. The molecule has 2 aromatic carbocycles. The van der Waals surface area contributed by atoms with Crippen molar-refractivity contribution in [3.8, 4) is 5.75 Å². The average Bonchev–Trinajstić information content (AvgIpc) is 2.56. The summed E-state index contributed by atoms with van der Waals surface area (Å²) in [6.07, 6.45) is 2.93. The van der Waals surface area contributed by atoms with Crippen LogP contribution in [0.25, 0.3) is 0 Å². The molecule has 0 unspecified atom stereocenters. The summed E-state index contributed by atoms with van der Waals surface area (Å²) >= 11 is 0. The van der Waals surface area contributed by atoms with E-state index in [1.165, 1.54) is 0 Å². The van der Waals surface area contributed by atoms with E-state index in [0.29, 0.717) is 13.2 Å². The van der Waals surface area contributed by atoms with Crippen molar-refractivity contribution < 1.29 is 9.53 Å². The lowest BCUT2D eigenvalue weighted by atomic mass is 10.1. The molecule has 122 valence electrons. The van der Waals surface area contributed by atoms with Gasteiger partial charge < -0.3 is 15.8 Å². The van der Waals surface area contributed by atoms with E-state index in [9.17, 15) is 4.79 Å². The molecule has 0 radical (unpaired) electrons. The zero-order chi connectivity index (χ0) is 16.5. The fourth-order valence-electron chi connectivity index (χ4n) is 2.28. The van der Waals surface area contributed by atoms with Crippen molar-refractivity contribution in [3.05, 3.63) is 59.7 Å². The van der Waals surface area contributed by atoms with E-state index in [-0.39, 0.29) is 5.91 Å². The van der Waals surface area contributed by atoms with Crippen LogP contribution in [0.3, 0.4) is 0 Å². The molecule has 0 bridgehead atoms. The van der Waals surface area contributed by atoms with Gasteiger partial charge in [0, 0.05) is 17.8 Å². The molecule has 4 nitrogen and oxygen atoms in total. The minimum atomic E-state index is 0.00113. The molecule has 2 rings (SSSR count). The van der Waals surface area contributed by atoms with Crippen LogP contribution in [-0.4, -0.2) is 19.1 Å². The molecule has 3 N–H and O–H groups in total. The van der Waals surface area contributed by atoms with Gasteiger partial charge in [0.25, 0.3) is 5.91 Å². The van der Waals surface area contributed by atoms with E-state index < -0.39 is 0 Å². The predicted octanol–water partition coefficient (Wildman–Crippen LogP) is 3.56. The molecular weight excluding hydrogens is 288 g/mol. The molecule has 0 aliphatic carbocycles. The summed E-state index contributed by atoms with van der Waals surface area (Å²) in [5.41, 5.74) is 8.11. The topological polar surface area (TPSA) is 64.3 Å². The smallest absolute Gasteiger partial charge is 0.251 e. The summed E-state index contributed by atoms with van der Waals surface area (Å²) in [6, 6.07) is 15.0. The number of anilines is 1. The van der Waals surface area contributed by atoms with Crippen molar-refractivity contribution >= 4 is 11.6 Å². The Hall–Kier alpha value is -2.49. The second-order valence-electron chi connectivity index (χ2n) is 5.55. The first kappa shape index (κ1) is 16.9. The Bertz CT molecular complexity index is 624. The third kappa shape index (κ3) is 5.66. The maximum absolute atomic E-state index is 12.0. The van der Waals surface area contributed by atoms with Gasteiger partial charge in [0.15, 0.2) is 0 Å². The molecule has 0 aliphatic heterocycles. The van der Waals surface area contributed by atoms with Crippen LogP contribution in [-0.2, 0) is 0 Å². The van der Waals surface area contributed by atoms with Crippen molar-refractivity contribution in [3.63, 3.8) is 0 Å². The van der Waals surface area contributed by atoms with E-state index in [0.717, 1.165) is 41.8 Å². The normalized spacial score (nSPS) is 10.3. The Morgan fingerprint density at radius 3 is 2.52 bits per heavy atom. The molecule has 2 aromatic rings. The highest BCUT2D eigenvalue weighted by molar-refractivity contribution is 5.95. The molecular formula is C19H24N2O2.